The van der Waals surface area contributed by atoms with E-state index in [1.165, 1.54) is 29.8 Å². The van der Waals surface area contributed by atoms with Gasteiger partial charge < -0.3 is 0 Å². The van der Waals surface area contributed by atoms with Gasteiger partial charge >= 0.3 is 0 Å². The van der Waals surface area contributed by atoms with Gasteiger partial charge in [-0.2, -0.15) is 5.06 Å². The van der Waals surface area contributed by atoms with Gasteiger partial charge in [-0.3, -0.25) is 4.84 Å². The van der Waals surface area contributed by atoms with E-state index in [1.54, 1.807) is 18.2 Å². The Hall–Kier alpha value is -2.56. The lowest BCUT2D eigenvalue weighted by Gasteiger charge is -2.21. The molecule has 0 unspecified atom stereocenters. The van der Waals surface area contributed by atoms with Crippen molar-refractivity contribution in [1.29, 1.82) is 0 Å². The molecule has 0 bridgehead atoms. The van der Waals surface area contributed by atoms with Crippen molar-refractivity contribution in [1.82, 2.24) is 5.06 Å². The minimum absolute atomic E-state index is 0.314. The maximum absolute atomic E-state index is 13.8. The maximum Gasteiger partial charge on any atom is 0.123 e. The second-order valence-electron chi connectivity index (χ2n) is 6.34. The van der Waals surface area contributed by atoms with E-state index in [4.69, 9.17) is 4.84 Å². The largest absolute Gasteiger partial charge is 0.294 e. The van der Waals surface area contributed by atoms with Gasteiger partial charge in [-0.25, -0.2) is 8.78 Å². The minimum Gasteiger partial charge on any atom is -0.294 e. The molecule has 0 aliphatic carbocycles. The van der Waals surface area contributed by atoms with E-state index >= 15 is 0 Å². The van der Waals surface area contributed by atoms with Gasteiger partial charge in [-0.05, 0) is 52.9 Å². The molecule has 0 saturated carbocycles. The van der Waals surface area contributed by atoms with Crippen molar-refractivity contribution < 1.29 is 13.6 Å². The van der Waals surface area contributed by atoms with Gasteiger partial charge in [0.1, 0.15) is 11.6 Å². The zero-order valence-corrected chi connectivity index (χ0v) is 15.4. The predicted molar refractivity (Wildman–Crippen MR) is 104 cm³/mol. The van der Waals surface area contributed by atoms with Gasteiger partial charge in [0, 0.05) is 13.1 Å². The highest BCUT2D eigenvalue weighted by Crippen LogP contribution is 2.26. The molecule has 140 valence electrons. The summed E-state index contributed by atoms with van der Waals surface area (Å²) in [4.78, 5) is 5.96. The van der Waals surface area contributed by atoms with Gasteiger partial charge in [0.15, 0.2) is 0 Å². The molecule has 0 fully saturated rings. The van der Waals surface area contributed by atoms with Crippen LogP contribution in [0.2, 0.25) is 0 Å². The van der Waals surface area contributed by atoms with Gasteiger partial charge in [-0.1, -0.05) is 55.5 Å². The Bertz CT molecular complexity index is 850. The molecule has 3 aromatic rings. The van der Waals surface area contributed by atoms with Gasteiger partial charge in [0.05, 0.1) is 6.61 Å². The molecule has 4 heteroatoms. The predicted octanol–water partition coefficient (Wildman–Crippen LogP) is 5.63. The molecule has 0 N–H and O–H groups in total. The van der Waals surface area contributed by atoms with Crippen molar-refractivity contribution >= 4 is 0 Å². The highest BCUT2D eigenvalue weighted by atomic mass is 19.1. The first-order chi connectivity index (χ1) is 13.2. The third-order valence-electron chi connectivity index (χ3n) is 4.48. The quantitative estimate of drug-likeness (QED) is 0.479. The molecule has 0 heterocycles. The van der Waals surface area contributed by atoms with Crippen LogP contribution in [0.1, 0.15) is 18.1 Å². The summed E-state index contributed by atoms with van der Waals surface area (Å²) in [7, 11) is 0. The number of benzene rings is 3. The van der Waals surface area contributed by atoms with Crippen molar-refractivity contribution in [2.45, 2.75) is 20.0 Å². The Morgan fingerprint density at radius 2 is 1.56 bits per heavy atom. The molecule has 0 aliphatic heterocycles. The first-order valence-electron chi connectivity index (χ1n) is 9.12. The fourth-order valence-electron chi connectivity index (χ4n) is 2.95. The molecule has 2 nitrogen and oxygen atoms in total. The van der Waals surface area contributed by atoms with Crippen LogP contribution in [0.4, 0.5) is 8.78 Å². The van der Waals surface area contributed by atoms with Crippen LogP contribution in [0.3, 0.4) is 0 Å². The summed E-state index contributed by atoms with van der Waals surface area (Å²) in [6.45, 7) is 3.89. The van der Waals surface area contributed by atoms with Crippen molar-refractivity contribution in [3.63, 3.8) is 0 Å². The Morgan fingerprint density at radius 3 is 2.26 bits per heavy atom. The molecular formula is C23H23F2NO. The number of hydrogen-bond acceptors (Lipinski definition) is 2. The van der Waals surface area contributed by atoms with Crippen molar-refractivity contribution in [3.8, 4) is 11.1 Å². The second-order valence-corrected chi connectivity index (χ2v) is 6.34. The zero-order valence-electron chi connectivity index (χ0n) is 15.4. The Labute approximate surface area is 159 Å². The van der Waals surface area contributed by atoms with E-state index in [9.17, 15) is 8.78 Å². The maximum atomic E-state index is 13.8. The molecule has 0 saturated heterocycles. The molecule has 0 aromatic heterocycles. The smallest absolute Gasteiger partial charge is 0.123 e. The third kappa shape index (κ3) is 5.46. The van der Waals surface area contributed by atoms with E-state index < -0.39 is 0 Å². The number of likely N-dealkylation sites (N-methyl/N-ethyl adjacent to an activating group) is 1. The average Bonchev–Trinajstić information content (AvgIpc) is 2.70. The molecule has 27 heavy (non-hydrogen) atoms. The lowest BCUT2D eigenvalue weighted by Crippen LogP contribution is -2.26. The fourth-order valence-corrected chi connectivity index (χ4v) is 2.95. The molecule has 0 amide bonds. The van der Waals surface area contributed by atoms with Crippen LogP contribution in [0.25, 0.3) is 11.1 Å². The Morgan fingerprint density at radius 1 is 0.852 bits per heavy atom. The second kappa shape index (κ2) is 9.40. The molecule has 0 aliphatic rings. The van der Waals surface area contributed by atoms with Crippen LogP contribution in [0.15, 0.2) is 72.8 Å². The van der Waals surface area contributed by atoms with Crippen LogP contribution in [-0.4, -0.2) is 18.2 Å². The Kier molecular flexibility index (Phi) is 6.69. The van der Waals surface area contributed by atoms with Crippen LogP contribution >= 0.6 is 0 Å². The highest BCUT2D eigenvalue weighted by Gasteiger charge is 2.10. The minimum atomic E-state index is -0.325. The van der Waals surface area contributed by atoms with E-state index in [2.05, 4.69) is 12.1 Å². The lowest BCUT2D eigenvalue weighted by molar-refractivity contribution is -0.165. The van der Waals surface area contributed by atoms with E-state index in [0.717, 1.165) is 30.6 Å². The van der Waals surface area contributed by atoms with Crippen LogP contribution < -0.4 is 0 Å². The number of hydroxylamine groups is 2. The summed E-state index contributed by atoms with van der Waals surface area (Å²) in [5, 5.41) is 1.91. The normalized spacial score (nSPS) is 11.1. The fraction of sp³-hybridized carbons (Fsp3) is 0.217. The topological polar surface area (TPSA) is 12.5 Å². The van der Waals surface area contributed by atoms with Crippen molar-refractivity contribution in [2.75, 3.05) is 13.1 Å². The van der Waals surface area contributed by atoms with Crippen LogP contribution in [0, 0.1) is 11.6 Å². The lowest BCUT2D eigenvalue weighted by atomic mass is 10.00. The first-order valence-corrected chi connectivity index (χ1v) is 9.12. The number of rotatable bonds is 8. The monoisotopic (exact) mass is 367 g/mol. The summed E-state index contributed by atoms with van der Waals surface area (Å²) < 4.78 is 27.0. The molecule has 3 rings (SSSR count). The van der Waals surface area contributed by atoms with Gasteiger partial charge in [0.2, 0.25) is 0 Å². The third-order valence-corrected chi connectivity index (χ3v) is 4.48. The van der Waals surface area contributed by atoms with Crippen molar-refractivity contribution in [2.24, 2.45) is 0 Å². The standard InChI is InChI=1S/C23H23F2NO/c1-2-26(15-14-18-6-4-3-5-7-18)27-17-20-10-13-22(25)16-23(20)19-8-11-21(24)12-9-19/h3-13,16H,2,14-15,17H2,1H3. The van der Waals surface area contributed by atoms with E-state index in [1.807, 2.05) is 30.2 Å². The van der Waals surface area contributed by atoms with Crippen molar-refractivity contribution in [3.05, 3.63) is 95.6 Å². The van der Waals surface area contributed by atoms with Gasteiger partial charge in [-0.15, -0.1) is 0 Å². The van der Waals surface area contributed by atoms with Gasteiger partial charge in [0.25, 0.3) is 0 Å². The summed E-state index contributed by atoms with van der Waals surface area (Å²) in [6, 6.07) is 20.9. The number of nitrogens with zero attached hydrogens (tertiary/aromatic N) is 1. The molecule has 3 aromatic carbocycles. The summed E-state index contributed by atoms with van der Waals surface area (Å²) in [6.07, 6.45) is 0.892. The van der Waals surface area contributed by atoms with E-state index in [-0.39, 0.29) is 11.6 Å². The van der Waals surface area contributed by atoms with Crippen LogP contribution in [0.5, 0.6) is 0 Å². The first kappa shape index (κ1) is 19.2. The molecular weight excluding hydrogens is 344 g/mol. The SMILES string of the molecule is CCN(CCc1ccccc1)OCc1ccc(F)cc1-c1ccc(F)cc1. The summed E-state index contributed by atoms with van der Waals surface area (Å²) >= 11 is 0. The number of hydrogen-bond donors (Lipinski definition) is 0. The number of halogens is 2. The molecule has 0 atom stereocenters. The van der Waals surface area contributed by atoms with Crippen LogP contribution in [-0.2, 0) is 17.9 Å². The highest BCUT2D eigenvalue weighted by molar-refractivity contribution is 5.67. The molecule has 0 radical (unpaired) electrons. The molecule has 0 spiro atoms. The average molecular weight is 367 g/mol. The Balaban J connectivity index is 1.68. The zero-order chi connectivity index (χ0) is 19.1. The summed E-state index contributed by atoms with van der Waals surface area (Å²) in [5.74, 6) is -0.638. The van der Waals surface area contributed by atoms with E-state index in [0.29, 0.717) is 12.2 Å². The summed E-state index contributed by atoms with van der Waals surface area (Å²) in [5.41, 5.74) is 3.60.